The summed E-state index contributed by atoms with van der Waals surface area (Å²) in [5.74, 6) is 0.956. The first-order valence-electron chi connectivity index (χ1n) is 7.92. The fraction of sp³-hybridized carbons (Fsp3) is 0.333. The molecule has 1 aliphatic heterocycles. The number of nitrogens with zero attached hydrogens (tertiary/aromatic N) is 3. The maximum absolute atomic E-state index is 12.6. The summed E-state index contributed by atoms with van der Waals surface area (Å²) in [4.78, 5) is 21.0. The monoisotopic (exact) mass is 310 g/mol. The van der Waals surface area contributed by atoms with Crippen LogP contribution in [-0.4, -0.2) is 42.0 Å². The van der Waals surface area contributed by atoms with E-state index in [1.54, 1.807) is 6.20 Å². The largest absolute Gasteiger partial charge is 0.353 e. The highest BCUT2D eigenvalue weighted by atomic mass is 16.2. The quantitative estimate of drug-likeness (QED) is 0.938. The molecule has 1 unspecified atom stereocenters. The molecular formula is C18H22N4O. The van der Waals surface area contributed by atoms with Crippen LogP contribution in [0.15, 0.2) is 48.7 Å². The van der Waals surface area contributed by atoms with Gasteiger partial charge in [0, 0.05) is 32.4 Å². The Bertz CT molecular complexity index is 648. The molecule has 0 bridgehead atoms. The number of aryl methyl sites for hydroxylation is 1. The van der Waals surface area contributed by atoms with Crippen molar-refractivity contribution < 1.29 is 4.79 Å². The van der Waals surface area contributed by atoms with Gasteiger partial charge in [-0.25, -0.2) is 4.98 Å². The molecule has 1 aliphatic rings. The number of amides is 1. The van der Waals surface area contributed by atoms with Gasteiger partial charge < -0.3 is 15.5 Å². The summed E-state index contributed by atoms with van der Waals surface area (Å²) in [6, 6.07) is 13.1. The molecule has 0 spiro atoms. The van der Waals surface area contributed by atoms with Crippen LogP contribution in [0.4, 0.5) is 5.82 Å². The zero-order chi connectivity index (χ0) is 16.2. The molecule has 1 atom stereocenters. The molecule has 1 fully saturated rings. The third-order valence-electron chi connectivity index (χ3n) is 4.27. The van der Waals surface area contributed by atoms with E-state index in [0.29, 0.717) is 13.1 Å². The Morgan fingerprint density at radius 2 is 1.78 bits per heavy atom. The molecule has 1 amide bonds. The highest BCUT2D eigenvalue weighted by molar-refractivity contribution is 5.83. The molecule has 23 heavy (non-hydrogen) atoms. The van der Waals surface area contributed by atoms with Gasteiger partial charge >= 0.3 is 0 Å². The Morgan fingerprint density at radius 1 is 1.09 bits per heavy atom. The van der Waals surface area contributed by atoms with Gasteiger partial charge in [0.15, 0.2) is 0 Å². The minimum Gasteiger partial charge on any atom is -0.353 e. The standard InChI is InChI=1S/C18H22N4O/c1-14-5-7-15(8-6-14)17(19)18(23)22-12-10-21(11-13-22)16-4-2-3-9-20-16/h2-9,17H,10-13,19H2,1H3. The van der Waals surface area contributed by atoms with E-state index in [1.807, 2.05) is 54.3 Å². The maximum atomic E-state index is 12.6. The second kappa shape index (κ2) is 6.79. The number of carbonyl (C=O) groups excluding carboxylic acids is 1. The van der Waals surface area contributed by atoms with Gasteiger partial charge in [0.1, 0.15) is 11.9 Å². The normalized spacial score (nSPS) is 16.3. The van der Waals surface area contributed by atoms with Crippen LogP contribution in [0.5, 0.6) is 0 Å². The minimum atomic E-state index is -0.586. The van der Waals surface area contributed by atoms with Crippen molar-refractivity contribution >= 4 is 11.7 Å². The van der Waals surface area contributed by atoms with Crippen molar-refractivity contribution in [3.8, 4) is 0 Å². The van der Waals surface area contributed by atoms with Gasteiger partial charge in [-0.15, -0.1) is 0 Å². The van der Waals surface area contributed by atoms with E-state index in [4.69, 9.17) is 5.73 Å². The van der Waals surface area contributed by atoms with E-state index in [1.165, 1.54) is 0 Å². The zero-order valence-electron chi connectivity index (χ0n) is 13.4. The highest BCUT2D eigenvalue weighted by Crippen LogP contribution is 2.17. The Hall–Kier alpha value is -2.40. The Morgan fingerprint density at radius 3 is 2.39 bits per heavy atom. The van der Waals surface area contributed by atoms with Gasteiger partial charge in [0.25, 0.3) is 0 Å². The predicted molar refractivity (Wildman–Crippen MR) is 91.1 cm³/mol. The number of carbonyl (C=O) groups is 1. The van der Waals surface area contributed by atoms with Crippen LogP contribution in [0.1, 0.15) is 17.2 Å². The molecule has 3 rings (SSSR count). The maximum Gasteiger partial charge on any atom is 0.244 e. The average molecular weight is 310 g/mol. The van der Waals surface area contributed by atoms with Crippen LogP contribution < -0.4 is 10.6 Å². The lowest BCUT2D eigenvalue weighted by Crippen LogP contribution is -2.51. The first-order valence-corrected chi connectivity index (χ1v) is 7.92. The van der Waals surface area contributed by atoms with Crippen LogP contribution in [0.3, 0.4) is 0 Å². The van der Waals surface area contributed by atoms with Gasteiger partial charge in [0.2, 0.25) is 5.91 Å². The topological polar surface area (TPSA) is 62.5 Å². The summed E-state index contributed by atoms with van der Waals surface area (Å²) in [6.45, 7) is 4.94. The van der Waals surface area contributed by atoms with Gasteiger partial charge in [-0.1, -0.05) is 35.9 Å². The van der Waals surface area contributed by atoms with Crippen LogP contribution in [-0.2, 0) is 4.79 Å². The van der Waals surface area contributed by atoms with Crippen molar-refractivity contribution in [2.24, 2.45) is 5.73 Å². The molecule has 0 saturated carbocycles. The van der Waals surface area contributed by atoms with E-state index in [2.05, 4.69) is 9.88 Å². The second-order valence-electron chi connectivity index (χ2n) is 5.89. The number of hydrogen-bond donors (Lipinski definition) is 1. The third-order valence-corrected chi connectivity index (χ3v) is 4.27. The lowest BCUT2D eigenvalue weighted by Gasteiger charge is -2.36. The number of anilines is 1. The second-order valence-corrected chi connectivity index (χ2v) is 5.89. The van der Waals surface area contributed by atoms with E-state index in [-0.39, 0.29) is 5.91 Å². The molecule has 2 aromatic rings. The molecule has 0 aliphatic carbocycles. The van der Waals surface area contributed by atoms with Crippen molar-refractivity contribution in [2.75, 3.05) is 31.1 Å². The number of nitrogens with two attached hydrogens (primary N) is 1. The van der Waals surface area contributed by atoms with E-state index in [9.17, 15) is 4.79 Å². The number of aromatic nitrogens is 1. The van der Waals surface area contributed by atoms with Gasteiger partial charge in [-0.3, -0.25) is 4.79 Å². The van der Waals surface area contributed by atoms with E-state index >= 15 is 0 Å². The molecule has 2 heterocycles. The number of piperazine rings is 1. The van der Waals surface area contributed by atoms with Crippen LogP contribution in [0, 0.1) is 6.92 Å². The third kappa shape index (κ3) is 3.51. The fourth-order valence-electron chi connectivity index (χ4n) is 2.81. The van der Waals surface area contributed by atoms with Crippen LogP contribution >= 0.6 is 0 Å². The van der Waals surface area contributed by atoms with Crippen molar-refractivity contribution in [3.63, 3.8) is 0 Å². The summed E-state index contributed by atoms with van der Waals surface area (Å²) in [6.07, 6.45) is 1.79. The lowest BCUT2D eigenvalue weighted by atomic mass is 10.0. The van der Waals surface area contributed by atoms with Crippen molar-refractivity contribution in [1.29, 1.82) is 0 Å². The first-order chi connectivity index (χ1) is 11.1. The number of rotatable bonds is 3. The van der Waals surface area contributed by atoms with Crippen molar-refractivity contribution in [1.82, 2.24) is 9.88 Å². The summed E-state index contributed by atoms with van der Waals surface area (Å²) in [5.41, 5.74) is 8.18. The summed E-state index contributed by atoms with van der Waals surface area (Å²) >= 11 is 0. The number of hydrogen-bond acceptors (Lipinski definition) is 4. The predicted octanol–water partition coefficient (Wildman–Crippen LogP) is 1.74. The SMILES string of the molecule is Cc1ccc(C(N)C(=O)N2CCN(c3ccccn3)CC2)cc1. The van der Waals surface area contributed by atoms with E-state index in [0.717, 1.165) is 30.0 Å². The smallest absolute Gasteiger partial charge is 0.244 e. The summed E-state index contributed by atoms with van der Waals surface area (Å²) in [5, 5.41) is 0. The number of benzene rings is 1. The lowest BCUT2D eigenvalue weighted by molar-refractivity contribution is -0.133. The van der Waals surface area contributed by atoms with Crippen LogP contribution in [0.2, 0.25) is 0 Å². The van der Waals surface area contributed by atoms with Gasteiger partial charge in [-0.05, 0) is 24.6 Å². The molecule has 5 heteroatoms. The average Bonchev–Trinajstić information content (AvgIpc) is 2.62. The molecular weight excluding hydrogens is 288 g/mol. The Kier molecular flexibility index (Phi) is 4.57. The molecule has 1 aromatic carbocycles. The fourth-order valence-corrected chi connectivity index (χ4v) is 2.81. The first kappa shape index (κ1) is 15.5. The van der Waals surface area contributed by atoms with Crippen molar-refractivity contribution in [3.05, 3.63) is 59.8 Å². The summed E-state index contributed by atoms with van der Waals surface area (Å²) < 4.78 is 0. The Balaban J connectivity index is 1.60. The molecule has 120 valence electrons. The van der Waals surface area contributed by atoms with Gasteiger partial charge in [0.05, 0.1) is 0 Å². The Labute approximate surface area is 136 Å². The molecule has 1 aromatic heterocycles. The van der Waals surface area contributed by atoms with Gasteiger partial charge in [-0.2, -0.15) is 0 Å². The molecule has 1 saturated heterocycles. The molecule has 0 radical (unpaired) electrons. The highest BCUT2D eigenvalue weighted by Gasteiger charge is 2.26. The molecule has 2 N–H and O–H groups in total. The zero-order valence-corrected chi connectivity index (χ0v) is 13.4. The van der Waals surface area contributed by atoms with Crippen molar-refractivity contribution in [2.45, 2.75) is 13.0 Å². The summed E-state index contributed by atoms with van der Waals surface area (Å²) in [7, 11) is 0. The van der Waals surface area contributed by atoms with E-state index < -0.39 is 6.04 Å². The number of pyridine rings is 1. The minimum absolute atomic E-state index is 0.00507. The molecule has 5 nitrogen and oxygen atoms in total. The van der Waals surface area contributed by atoms with Crippen LogP contribution in [0.25, 0.3) is 0 Å².